The van der Waals surface area contributed by atoms with Crippen LogP contribution in [0.2, 0.25) is 0 Å². The summed E-state index contributed by atoms with van der Waals surface area (Å²) in [5.74, 6) is 1.65. The highest BCUT2D eigenvalue weighted by molar-refractivity contribution is 6.11. The molecular formula is C54H44N6. The highest BCUT2D eigenvalue weighted by Gasteiger charge is 2.26. The van der Waals surface area contributed by atoms with Crippen LogP contribution in [0, 0.1) is 11.3 Å². The summed E-state index contributed by atoms with van der Waals surface area (Å²) in [6, 6.07) is 57.4. The fourth-order valence-electron chi connectivity index (χ4n) is 8.54. The van der Waals surface area contributed by atoms with Crippen LogP contribution in [0.1, 0.15) is 58.2 Å². The fraction of sp³-hybridized carbons (Fsp3) is 0.148. The average molecular weight is 777 g/mol. The third-order valence-electron chi connectivity index (χ3n) is 11.7. The molecule has 0 N–H and O–H groups in total. The first-order chi connectivity index (χ1) is 29.0. The molecule has 3 heterocycles. The van der Waals surface area contributed by atoms with Crippen molar-refractivity contribution in [1.82, 2.24) is 24.1 Å². The summed E-state index contributed by atoms with van der Waals surface area (Å²) < 4.78 is 4.52. The molecule has 0 atom stereocenters. The molecular weight excluding hydrogens is 733 g/mol. The molecule has 7 aromatic carbocycles. The second-order valence-electron chi connectivity index (χ2n) is 17.7. The van der Waals surface area contributed by atoms with E-state index in [-0.39, 0.29) is 10.8 Å². The molecule has 0 saturated carbocycles. The molecule has 0 amide bonds. The third-order valence-corrected chi connectivity index (χ3v) is 11.7. The predicted octanol–water partition coefficient (Wildman–Crippen LogP) is 13.5. The minimum absolute atomic E-state index is 0.0361. The van der Waals surface area contributed by atoms with E-state index < -0.39 is 0 Å². The second-order valence-corrected chi connectivity index (χ2v) is 17.7. The van der Waals surface area contributed by atoms with Gasteiger partial charge < -0.3 is 9.13 Å². The lowest BCUT2D eigenvalue weighted by Crippen LogP contribution is -2.11. The minimum Gasteiger partial charge on any atom is -0.308 e. The Balaban J connectivity index is 1.35. The standard InChI is InChI=1S/C54H44N6/c1-53(2,3)37-25-27-46-41(30-37)39-21-13-15-23-44(39)59(46)48-32-43(52-57-50(34-17-9-7-10-18-34)56-51(58-52)35-19-11-8-12-20-35)49(29-36(48)33-55)60-45-24-16-14-22-40(45)42-31-38(54(4,5)6)26-28-47(42)60/h7-32H,1-6H3. The molecule has 6 heteroatoms. The van der Waals surface area contributed by atoms with Crippen LogP contribution >= 0.6 is 0 Å². The lowest BCUT2D eigenvalue weighted by atomic mass is 9.86. The van der Waals surface area contributed by atoms with Gasteiger partial charge >= 0.3 is 0 Å². The highest BCUT2D eigenvalue weighted by atomic mass is 15.1. The SMILES string of the molecule is CC(C)(C)c1ccc2c(c1)c1ccccc1n2-c1cc(-c2nc(-c3ccccc3)nc(-c3ccccc3)n2)c(-n2c3ccccc3c3cc(C(C)(C)C)ccc32)cc1C#N. The van der Waals surface area contributed by atoms with Crippen molar-refractivity contribution in [1.29, 1.82) is 5.26 Å². The van der Waals surface area contributed by atoms with Crippen LogP contribution in [0.4, 0.5) is 0 Å². The lowest BCUT2D eigenvalue weighted by molar-refractivity contribution is 0.591. The van der Waals surface area contributed by atoms with E-state index in [0.29, 0.717) is 23.0 Å². The minimum atomic E-state index is -0.0410. The Hall–Kier alpha value is -7.36. The van der Waals surface area contributed by atoms with Crippen molar-refractivity contribution in [2.45, 2.75) is 52.4 Å². The number of hydrogen-bond donors (Lipinski definition) is 0. The van der Waals surface area contributed by atoms with E-state index in [4.69, 9.17) is 15.0 Å². The number of nitriles is 1. The van der Waals surface area contributed by atoms with Gasteiger partial charge in [-0.25, -0.2) is 15.0 Å². The summed E-state index contributed by atoms with van der Waals surface area (Å²) in [7, 11) is 0. The maximum absolute atomic E-state index is 11.2. The zero-order valence-corrected chi connectivity index (χ0v) is 34.7. The van der Waals surface area contributed by atoms with Gasteiger partial charge in [-0.2, -0.15) is 5.26 Å². The van der Waals surface area contributed by atoms with Crippen LogP contribution in [-0.4, -0.2) is 24.1 Å². The van der Waals surface area contributed by atoms with Crippen LogP contribution in [-0.2, 0) is 10.8 Å². The first-order valence-corrected chi connectivity index (χ1v) is 20.5. The Morgan fingerprint density at radius 1 is 0.417 bits per heavy atom. The van der Waals surface area contributed by atoms with Crippen molar-refractivity contribution in [3.05, 3.63) is 174 Å². The lowest BCUT2D eigenvalue weighted by Gasteiger charge is -2.20. The molecule has 0 aliphatic carbocycles. The first-order valence-electron chi connectivity index (χ1n) is 20.5. The number of rotatable bonds is 5. The molecule has 0 bridgehead atoms. The molecule has 0 saturated heterocycles. The topological polar surface area (TPSA) is 72.3 Å². The molecule has 3 aromatic heterocycles. The van der Waals surface area contributed by atoms with E-state index in [2.05, 4.69) is 148 Å². The monoisotopic (exact) mass is 776 g/mol. The molecule has 0 spiro atoms. The summed E-state index contributed by atoms with van der Waals surface area (Å²) in [6.07, 6.45) is 0. The number of fused-ring (bicyclic) bond motifs is 6. The summed E-state index contributed by atoms with van der Waals surface area (Å²) in [4.78, 5) is 15.6. The quantitative estimate of drug-likeness (QED) is 0.174. The van der Waals surface area contributed by atoms with Gasteiger partial charge in [-0.3, -0.25) is 0 Å². The van der Waals surface area contributed by atoms with E-state index in [1.807, 2.05) is 66.7 Å². The molecule has 0 radical (unpaired) electrons. The van der Waals surface area contributed by atoms with E-state index in [9.17, 15) is 5.26 Å². The van der Waals surface area contributed by atoms with Gasteiger partial charge in [0.25, 0.3) is 0 Å². The van der Waals surface area contributed by atoms with Gasteiger partial charge in [-0.1, -0.05) is 151 Å². The fourth-order valence-corrected chi connectivity index (χ4v) is 8.54. The van der Waals surface area contributed by atoms with Gasteiger partial charge in [0, 0.05) is 38.2 Å². The van der Waals surface area contributed by atoms with E-state index in [1.54, 1.807) is 0 Å². The van der Waals surface area contributed by atoms with Crippen LogP contribution in [0.5, 0.6) is 0 Å². The number of benzene rings is 7. The van der Waals surface area contributed by atoms with Gasteiger partial charge in [-0.15, -0.1) is 0 Å². The molecule has 0 fully saturated rings. The molecule has 0 aliphatic heterocycles. The van der Waals surface area contributed by atoms with Gasteiger partial charge in [0.05, 0.1) is 39.0 Å². The number of hydrogen-bond acceptors (Lipinski definition) is 4. The van der Waals surface area contributed by atoms with Crippen molar-refractivity contribution in [2.24, 2.45) is 0 Å². The first kappa shape index (κ1) is 36.9. The molecule has 0 unspecified atom stereocenters. The van der Waals surface area contributed by atoms with Crippen molar-refractivity contribution in [3.8, 4) is 51.6 Å². The maximum atomic E-state index is 11.2. The van der Waals surface area contributed by atoms with E-state index >= 15 is 0 Å². The molecule has 10 aromatic rings. The summed E-state index contributed by atoms with van der Waals surface area (Å²) in [5.41, 5.74) is 11.2. The summed E-state index contributed by atoms with van der Waals surface area (Å²) >= 11 is 0. The molecule has 290 valence electrons. The van der Waals surface area contributed by atoms with Crippen LogP contribution in [0.3, 0.4) is 0 Å². The number of nitrogens with zero attached hydrogens (tertiary/aromatic N) is 6. The number of aromatic nitrogens is 5. The normalized spacial score (nSPS) is 12.2. The van der Waals surface area contributed by atoms with E-state index in [0.717, 1.165) is 71.7 Å². The van der Waals surface area contributed by atoms with Crippen LogP contribution in [0.15, 0.2) is 158 Å². The molecule has 6 nitrogen and oxygen atoms in total. The predicted molar refractivity (Wildman–Crippen MR) is 247 cm³/mol. The van der Waals surface area contributed by atoms with Crippen molar-refractivity contribution < 1.29 is 0 Å². The van der Waals surface area contributed by atoms with Crippen LogP contribution < -0.4 is 0 Å². The second kappa shape index (κ2) is 13.9. The average Bonchev–Trinajstić information content (AvgIpc) is 3.78. The summed E-state index contributed by atoms with van der Waals surface area (Å²) in [6.45, 7) is 13.5. The van der Waals surface area contributed by atoms with E-state index in [1.165, 1.54) is 11.1 Å². The Morgan fingerprint density at radius 3 is 1.30 bits per heavy atom. The zero-order valence-electron chi connectivity index (χ0n) is 34.7. The molecule has 60 heavy (non-hydrogen) atoms. The zero-order chi connectivity index (χ0) is 41.3. The van der Waals surface area contributed by atoms with Crippen molar-refractivity contribution in [2.75, 3.05) is 0 Å². The Kier molecular flexibility index (Phi) is 8.55. The smallest absolute Gasteiger partial charge is 0.166 e. The van der Waals surface area contributed by atoms with Crippen molar-refractivity contribution in [3.63, 3.8) is 0 Å². The molecule has 0 aliphatic rings. The third kappa shape index (κ3) is 6.13. The Morgan fingerprint density at radius 2 is 0.833 bits per heavy atom. The van der Waals surface area contributed by atoms with Gasteiger partial charge in [0.1, 0.15) is 6.07 Å². The maximum Gasteiger partial charge on any atom is 0.166 e. The Labute approximate surface area is 350 Å². The van der Waals surface area contributed by atoms with Gasteiger partial charge in [0.2, 0.25) is 0 Å². The van der Waals surface area contributed by atoms with Gasteiger partial charge in [0.15, 0.2) is 17.5 Å². The highest BCUT2D eigenvalue weighted by Crippen LogP contribution is 2.42. The largest absolute Gasteiger partial charge is 0.308 e. The van der Waals surface area contributed by atoms with Gasteiger partial charge in [-0.05, 0) is 70.5 Å². The van der Waals surface area contributed by atoms with Crippen molar-refractivity contribution >= 4 is 43.6 Å². The van der Waals surface area contributed by atoms with Crippen LogP contribution in [0.25, 0.3) is 89.2 Å². The molecule has 10 rings (SSSR count). The summed E-state index contributed by atoms with van der Waals surface area (Å²) in [5, 5.41) is 15.8. The Bertz CT molecular complexity index is 3280. The number of para-hydroxylation sites is 2.